The lowest BCUT2D eigenvalue weighted by Gasteiger charge is -2.42. The zero-order valence-corrected chi connectivity index (χ0v) is 12.0. The summed E-state index contributed by atoms with van der Waals surface area (Å²) in [6, 6.07) is 0.309. The molecule has 1 N–H and O–H groups in total. The van der Waals surface area contributed by atoms with Crippen molar-refractivity contribution >= 4 is 6.41 Å². The van der Waals surface area contributed by atoms with Crippen molar-refractivity contribution in [2.45, 2.75) is 58.9 Å². The van der Waals surface area contributed by atoms with E-state index in [1.54, 1.807) is 0 Å². The molecule has 2 rings (SSSR count). The Kier molecular flexibility index (Phi) is 3.84. The summed E-state index contributed by atoms with van der Waals surface area (Å²) in [6.45, 7) is 11.2. The maximum atomic E-state index is 10.9. The van der Waals surface area contributed by atoms with Crippen LogP contribution in [-0.2, 0) is 4.79 Å². The molecular weight excluding hydrogens is 222 g/mol. The van der Waals surface area contributed by atoms with E-state index in [0.29, 0.717) is 29.2 Å². The van der Waals surface area contributed by atoms with Crippen molar-refractivity contribution in [2.75, 3.05) is 0 Å². The fraction of sp³-hybridized carbons (Fsp3) is 0.812. The first-order valence-corrected chi connectivity index (χ1v) is 7.37. The van der Waals surface area contributed by atoms with Gasteiger partial charge in [0.2, 0.25) is 6.41 Å². The van der Waals surface area contributed by atoms with E-state index in [1.165, 1.54) is 37.7 Å². The van der Waals surface area contributed by atoms with Gasteiger partial charge in [-0.05, 0) is 55.3 Å². The lowest BCUT2D eigenvalue weighted by molar-refractivity contribution is -0.111. The smallest absolute Gasteiger partial charge is 0.207 e. The SMILES string of the molecule is C=C1CCC[C@@]2(C)CC[C@H]([C@@H](NC=O)C(C)C)[C@@H]12. The molecule has 2 fully saturated rings. The highest BCUT2D eigenvalue weighted by atomic mass is 16.1. The van der Waals surface area contributed by atoms with Gasteiger partial charge in [0, 0.05) is 6.04 Å². The van der Waals surface area contributed by atoms with Gasteiger partial charge in [-0.25, -0.2) is 0 Å². The molecule has 0 heterocycles. The van der Waals surface area contributed by atoms with E-state index in [-0.39, 0.29) is 0 Å². The maximum absolute atomic E-state index is 10.9. The second-order valence-electron chi connectivity index (χ2n) is 6.90. The molecule has 0 aliphatic heterocycles. The molecule has 2 aliphatic carbocycles. The molecule has 0 spiro atoms. The van der Waals surface area contributed by atoms with Crippen molar-refractivity contribution in [3.8, 4) is 0 Å². The molecule has 18 heavy (non-hydrogen) atoms. The van der Waals surface area contributed by atoms with Gasteiger partial charge in [-0.2, -0.15) is 0 Å². The standard InChI is InChI=1S/C16H27NO/c1-11(2)15(17-10-18)13-7-9-16(4)8-5-6-12(3)14(13)16/h10-11,13-15H,3,5-9H2,1-2,4H3,(H,17,18)/t13-,14+,15-,16-/m0/s1. The van der Waals surface area contributed by atoms with Gasteiger partial charge in [0.15, 0.2) is 0 Å². The van der Waals surface area contributed by atoms with Crippen molar-refractivity contribution in [1.29, 1.82) is 0 Å². The molecule has 0 radical (unpaired) electrons. The number of amides is 1. The maximum Gasteiger partial charge on any atom is 0.207 e. The Morgan fingerprint density at radius 3 is 2.78 bits per heavy atom. The molecule has 0 aromatic heterocycles. The topological polar surface area (TPSA) is 29.1 Å². The zero-order valence-electron chi connectivity index (χ0n) is 12.0. The van der Waals surface area contributed by atoms with E-state index in [1.807, 2.05) is 0 Å². The number of nitrogens with one attached hydrogen (secondary N) is 1. The van der Waals surface area contributed by atoms with Crippen LogP contribution in [0.5, 0.6) is 0 Å². The van der Waals surface area contributed by atoms with Crippen molar-refractivity contribution in [2.24, 2.45) is 23.2 Å². The lowest BCUT2D eigenvalue weighted by atomic mass is 9.64. The number of allylic oxidation sites excluding steroid dienone is 1. The van der Waals surface area contributed by atoms with Crippen LogP contribution in [0, 0.1) is 23.2 Å². The molecule has 0 unspecified atom stereocenters. The summed E-state index contributed by atoms with van der Waals surface area (Å²) in [6.07, 6.45) is 7.23. The van der Waals surface area contributed by atoms with E-state index >= 15 is 0 Å². The Morgan fingerprint density at radius 1 is 1.44 bits per heavy atom. The second kappa shape index (κ2) is 5.07. The van der Waals surface area contributed by atoms with Crippen LogP contribution < -0.4 is 5.32 Å². The average Bonchev–Trinajstić information content (AvgIpc) is 2.64. The van der Waals surface area contributed by atoms with Crippen LogP contribution in [0.2, 0.25) is 0 Å². The van der Waals surface area contributed by atoms with Crippen LogP contribution in [0.4, 0.5) is 0 Å². The fourth-order valence-electron chi connectivity index (χ4n) is 4.56. The van der Waals surface area contributed by atoms with Crippen LogP contribution in [0.15, 0.2) is 12.2 Å². The third kappa shape index (κ3) is 2.22. The van der Waals surface area contributed by atoms with E-state index < -0.39 is 0 Å². The Labute approximate surface area is 111 Å². The van der Waals surface area contributed by atoms with Crippen LogP contribution in [0.25, 0.3) is 0 Å². The Hall–Kier alpha value is -0.790. The van der Waals surface area contributed by atoms with Gasteiger partial charge in [-0.15, -0.1) is 0 Å². The molecule has 2 nitrogen and oxygen atoms in total. The normalized spacial score (nSPS) is 37.4. The zero-order chi connectivity index (χ0) is 13.3. The predicted octanol–water partition coefficient (Wildman–Crippen LogP) is 3.53. The first kappa shape index (κ1) is 13.6. The summed E-state index contributed by atoms with van der Waals surface area (Å²) in [4.78, 5) is 10.9. The third-order valence-electron chi connectivity index (χ3n) is 5.35. The first-order chi connectivity index (χ1) is 8.49. The van der Waals surface area contributed by atoms with Gasteiger partial charge in [-0.1, -0.05) is 32.9 Å². The van der Waals surface area contributed by atoms with E-state index in [0.717, 1.165) is 6.41 Å². The monoisotopic (exact) mass is 249 g/mol. The van der Waals surface area contributed by atoms with Crippen molar-refractivity contribution in [1.82, 2.24) is 5.32 Å². The van der Waals surface area contributed by atoms with E-state index in [4.69, 9.17) is 0 Å². The van der Waals surface area contributed by atoms with Crippen molar-refractivity contribution in [3.05, 3.63) is 12.2 Å². The molecule has 0 aromatic carbocycles. The summed E-state index contributed by atoms with van der Waals surface area (Å²) >= 11 is 0. The number of hydrogen-bond donors (Lipinski definition) is 1. The van der Waals surface area contributed by atoms with Crippen LogP contribution in [-0.4, -0.2) is 12.5 Å². The summed E-state index contributed by atoms with van der Waals surface area (Å²) in [5.41, 5.74) is 1.88. The van der Waals surface area contributed by atoms with Gasteiger partial charge in [-0.3, -0.25) is 4.79 Å². The molecule has 102 valence electrons. The molecule has 0 bridgehead atoms. The minimum atomic E-state index is 0.309. The minimum Gasteiger partial charge on any atom is -0.355 e. The number of hydrogen-bond acceptors (Lipinski definition) is 1. The Balaban J connectivity index is 2.23. The van der Waals surface area contributed by atoms with Gasteiger partial charge >= 0.3 is 0 Å². The number of carbonyl (C=O) groups excluding carboxylic acids is 1. The molecule has 2 saturated carbocycles. The summed E-state index contributed by atoms with van der Waals surface area (Å²) < 4.78 is 0. The molecule has 0 saturated heterocycles. The molecule has 1 amide bonds. The quantitative estimate of drug-likeness (QED) is 0.599. The third-order valence-corrected chi connectivity index (χ3v) is 5.35. The number of rotatable bonds is 4. The van der Waals surface area contributed by atoms with Crippen LogP contribution in [0.3, 0.4) is 0 Å². The highest BCUT2D eigenvalue weighted by molar-refractivity contribution is 5.47. The van der Waals surface area contributed by atoms with Gasteiger partial charge in [0.1, 0.15) is 0 Å². The molecule has 2 heteroatoms. The molecule has 0 aromatic rings. The molecule has 4 atom stereocenters. The Bertz CT molecular complexity index is 336. The van der Waals surface area contributed by atoms with E-state index in [9.17, 15) is 4.79 Å². The van der Waals surface area contributed by atoms with Gasteiger partial charge in [0.05, 0.1) is 0 Å². The highest BCUT2D eigenvalue weighted by Gasteiger charge is 2.50. The Morgan fingerprint density at radius 2 is 2.17 bits per heavy atom. The summed E-state index contributed by atoms with van der Waals surface area (Å²) in [7, 11) is 0. The van der Waals surface area contributed by atoms with Gasteiger partial charge < -0.3 is 5.32 Å². The van der Waals surface area contributed by atoms with E-state index in [2.05, 4.69) is 32.7 Å². The lowest BCUT2D eigenvalue weighted by Crippen LogP contribution is -2.44. The fourth-order valence-corrected chi connectivity index (χ4v) is 4.56. The van der Waals surface area contributed by atoms with Crippen molar-refractivity contribution in [3.63, 3.8) is 0 Å². The highest BCUT2D eigenvalue weighted by Crippen LogP contribution is 2.57. The number of carbonyl (C=O) groups is 1. The summed E-state index contributed by atoms with van der Waals surface area (Å²) in [5, 5.41) is 3.07. The van der Waals surface area contributed by atoms with Crippen LogP contribution >= 0.6 is 0 Å². The second-order valence-corrected chi connectivity index (χ2v) is 6.90. The largest absolute Gasteiger partial charge is 0.355 e. The minimum absolute atomic E-state index is 0.309. The van der Waals surface area contributed by atoms with Gasteiger partial charge in [0.25, 0.3) is 0 Å². The number of fused-ring (bicyclic) bond motifs is 1. The molecular formula is C16H27NO. The summed E-state index contributed by atoms with van der Waals surface area (Å²) in [5.74, 6) is 1.70. The predicted molar refractivity (Wildman–Crippen MR) is 75.1 cm³/mol. The van der Waals surface area contributed by atoms with Crippen LogP contribution in [0.1, 0.15) is 52.9 Å². The first-order valence-electron chi connectivity index (χ1n) is 7.37. The average molecular weight is 249 g/mol. The molecule has 2 aliphatic rings. The van der Waals surface area contributed by atoms with Crippen molar-refractivity contribution < 1.29 is 4.79 Å².